The minimum atomic E-state index is 0.196. The van der Waals surface area contributed by atoms with E-state index in [9.17, 15) is 4.79 Å². The lowest BCUT2D eigenvalue weighted by atomic mass is 9.85. The normalized spacial score (nSPS) is 26.0. The molecular weight excluding hydrogens is 272 g/mol. The van der Waals surface area contributed by atoms with Gasteiger partial charge < -0.3 is 4.90 Å². The van der Waals surface area contributed by atoms with Crippen molar-refractivity contribution in [1.82, 2.24) is 9.80 Å². The molecule has 1 aromatic rings. The standard InChI is InChI=1S/C19H28N2O/c1-15(2)17-13-20(12-16-8-4-3-5-9-16)14-18(17)19(22)21-10-6-7-11-21/h3-5,8-9,15,17-18H,6-7,10-14H2,1-2H3. The smallest absolute Gasteiger partial charge is 0.227 e. The summed E-state index contributed by atoms with van der Waals surface area (Å²) >= 11 is 0. The van der Waals surface area contributed by atoms with Crippen LogP contribution in [0.25, 0.3) is 0 Å². The van der Waals surface area contributed by atoms with Gasteiger partial charge in [-0.25, -0.2) is 0 Å². The maximum Gasteiger partial charge on any atom is 0.227 e. The molecule has 0 aromatic heterocycles. The summed E-state index contributed by atoms with van der Waals surface area (Å²) in [4.78, 5) is 17.4. The Morgan fingerprint density at radius 1 is 1.14 bits per heavy atom. The molecule has 2 atom stereocenters. The number of amides is 1. The number of carbonyl (C=O) groups is 1. The van der Waals surface area contributed by atoms with E-state index in [0.29, 0.717) is 17.7 Å². The van der Waals surface area contributed by atoms with Gasteiger partial charge in [-0.1, -0.05) is 44.2 Å². The fourth-order valence-electron chi connectivity index (χ4n) is 3.99. The van der Waals surface area contributed by atoms with E-state index < -0.39 is 0 Å². The van der Waals surface area contributed by atoms with Gasteiger partial charge in [-0.2, -0.15) is 0 Å². The summed E-state index contributed by atoms with van der Waals surface area (Å²) in [6.07, 6.45) is 2.36. The molecule has 120 valence electrons. The first-order valence-electron chi connectivity index (χ1n) is 8.70. The summed E-state index contributed by atoms with van der Waals surface area (Å²) in [6.45, 7) is 9.41. The van der Waals surface area contributed by atoms with Crippen LogP contribution in [-0.4, -0.2) is 41.9 Å². The maximum atomic E-state index is 12.9. The van der Waals surface area contributed by atoms with Crippen molar-refractivity contribution in [3.05, 3.63) is 35.9 Å². The van der Waals surface area contributed by atoms with Gasteiger partial charge in [0.1, 0.15) is 0 Å². The molecule has 1 aromatic carbocycles. The van der Waals surface area contributed by atoms with Crippen molar-refractivity contribution in [2.24, 2.45) is 17.8 Å². The van der Waals surface area contributed by atoms with Crippen LogP contribution in [0.15, 0.2) is 30.3 Å². The lowest BCUT2D eigenvalue weighted by Gasteiger charge is -2.25. The molecule has 3 rings (SSSR count). The monoisotopic (exact) mass is 300 g/mol. The van der Waals surface area contributed by atoms with Gasteiger partial charge in [0, 0.05) is 32.7 Å². The molecule has 0 spiro atoms. The first-order valence-corrected chi connectivity index (χ1v) is 8.70. The SMILES string of the molecule is CC(C)C1CN(Cc2ccccc2)CC1C(=O)N1CCCC1. The Hall–Kier alpha value is -1.35. The zero-order valence-corrected chi connectivity index (χ0v) is 13.9. The Labute approximate surface area is 134 Å². The molecule has 0 saturated carbocycles. The molecule has 0 N–H and O–H groups in total. The van der Waals surface area contributed by atoms with Gasteiger partial charge in [-0.15, -0.1) is 0 Å². The third kappa shape index (κ3) is 3.35. The van der Waals surface area contributed by atoms with E-state index in [1.807, 2.05) is 0 Å². The Kier molecular flexibility index (Phi) is 4.82. The predicted octanol–water partition coefficient (Wildman–Crippen LogP) is 3.01. The number of nitrogens with zero attached hydrogens (tertiary/aromatic N) is 2. The molecule has 2 saturated heterocycles. The van der Waals surface area contributed by atoms with Crippen LogP contribution in [-0.2, 0) is 11.3 Å². The van der Waals surface area contributed by atoms with E-state index in [1.54, 1.807) is 0 Å². The molecule has 3 nitrogen and oxygen atoms in total. The maximum absolute atomic E-state index is 12.9. The minimum Gasteiger partial charge on any atom is -0.342 e. The fourth-order valence-corrected chi connectivity index (χ4v) is 3.99. The Balaban J connectivity index is 1.68. The summed E-state index contributed by atoms with van der Waals surface area (Å²) in [5.74, 6) is 1.67. The highest BCUT2D eigenvalue weighted by Crippen LogP contribution is 2.32. The summed E-state index contributed by atoms with van der Waals surface area (Å²) < 4.78 is 0. The molecule has 0 radical (unpaired) electrons. The molecular formula is C19H28N2O. The van der Waals surface area contributed by atoms with Crippen molar-refractivity contribution in [3.63, 3.8) is 0 Å². The van der Waals surface area contributed by atoms with Gasteiger partial charge in [-0.05, 0) is 30.2 Å². The summed E-state index contributed by atoms with van der Waals surface area (Å²) in [5.41, 5.74) is 1.35. The van der Waals surface area contributed by atoms with E-state index >= 15 is 0 Å². The highest BCUT2D eigenvalue weighted by molar-refractivity contribution is 5.80. The summed E-state index contributed by atoms with van der Waals surface area (Å²) in [6, 6.07) is 10.6. The second kappa shape index (κ2) is 6.82. The number of rotatable bonds is 4. The summed E-state index contributed by atoms with van der Waals surface area (Å²) in [5, 5.41) is 0. The van der Waals surface area contributed by atoms with Crippen molar-refractivity contribution in [3.8, 4) is 0 Å². The fraction of sp³-hybridized carbons (Fsp3) is 0.632. The quantitative estimate of drug-likeness (QED) is 0.853. The van der Waals surface area contributed by atoms with Crippen LogP contribution >= 0.6 is 0 Å². The van der Waals surface area contributed by atoms with Crippen LogP contribution in [0, 0.1) is 17.8 Å². The van der Waals surface area contributed by atoms with Crippen molar-refractivity contribution in [2.45, 2.75) is 33.2 Å². The van der Waals surface area contributed by atoms with E-state index in [2.05, 4.69) is 54.0 Å². The molecule has 2 aliphatic rings. The molecule has 0 aliphatic carbocycles. The third-order valence-electron chi connectivity index (χ3n) is 5.28. The second-order valence-corrected chi connectivity index (χ2v) is 7.23. The van der Waals surface area contributed by atoms with E-state index in [4.69, 9.17) is 0 Å². The first-order chi connectivity index (χ1) is 10.6. The third-order valence-corrected chi connectivity index (χ3v) is 5.28. The van der Waals surface area contributed by atoms with Crippen molar-refractivity contribution < 1.29 is 4.79 Å². The summed E-state index contributed by atoms with van der Waals surface area (Å²) in [7, 11) is 0. The van der Waals surface area contributed by atoms with Gasteiger partial charge in [0.05, 0.1) is 5.92 Å². The van der Waals surface area contributed by atoms with Gasteiger partial charge in [0.25, 0.3) is 0 Å². The zero-order chi connectivity index (χ0) is 15.5. The largest absolute Gasteiger partial charge is 0.342 e. The molecule has 3 heteroatoms. The molecule has 2 fully saturated rings. The molecule has 2 unspecified atom stereocenters. The van der Waals surface area contributed by atoms with Crippen molar-refractivity contribution in [2.75, 3.05) is 26.2 Å². The van der Waals surface area contributed by atoms with Crippen LogP contribution in [0.1, 0.15) is 32.3 Å². The van der Waals surface area contributed by atoms with Crippen LogP contribution in [0.3, 0.4) is 0 Å². The number of benzene rings is 1. The zero-order valence-electron chi connectivity index (χ0n) is 13.9. The predicted molar refractivity (Wildman–Crippen MR) is 89.4 cm³/mol. The van der Waals surface area contributed by atoms with Gasteiger partial charge >= 0.3 is 0 Å². The van der Waals surface area contributed by atoms with Gasteiger partial charge in [0.15, 0.2) is 0 Å². The number of carbonyl (C=O) groups excluding carboxylic acids is 1. The molecule has 22 heavy (non-hydrogen) atoms. The molecule has 2 aliphatic heterocycles. The lowest BCUT2D eigenvalue weighted by Crippen LogP contribution is -2.38. The highest BCUT2D eigenvalue weighted by atomic mass is 16.2. The Morgan fingerprint density at radius 2 is 1.82 bits per heavy atom. The number of hydrogen-bond donors (Lipinski definition) is 0. The van der Waals surface area contributed by atoms with E-state index in [-0.39, 0.29) is 5.92 Å². The number of likely N-dealkylation sites (tertiary alicyclic amines) is 2. The average molecular weight is 300 g/mol. The van der Waals surface area contributed by atoms with Crippen LogP contribution in [0.4, 0.5) is 0 Å². The van der Waals surface area contributed by atoms with Crippen molar-refractivity contribution >= 4 is 5.91 Å². The van der Waals surface area contributed by atoms with E-state index in [0.717, 1.165) is 32.7 Å². The second-order valence-electron chi connectivity index (χ2n) is 7.23. The van der Waals surface area contributed by atoms with E-state index in [1.165, 1.54) is 18.4 Å². The molecule has 2 heterocycles. The van der Waals surface area contributed by atoms with Crippen LogP contribution in [0.5, 0.6) is 0 Å². The van der Waals surface area contributed by atoms with Gasteiger partial charge in [0.2, 0.25) is 5.91 Å². The van der Waals surface area contributed by atoms with Crippen molar-refractivity contribution in [1.29, 1.82) is 0 Å². The number of hydrogen-bond acceptors (Lipinski definition) is 2. The molecule has 1 amide bonds. The van der Waals surface area contributed by atoms with Gasteiger partial charge in [-0.3, -0.25) is 9.69 Å². The Bertz CT molecular complexity index is 493. The lowest BCUT2D eigenvalue weighted by molar-refractivity contribution is -0.135. The molecule has 0 bridgehead atoms. The average Bonchev–Trinajstić information content (AvgIpc) is 3.17. The first kappa shape index (κ1) is 15.5. The Morgan fingerprint density at radius 3 is 2.45 bits per heavy atom. The topological polar surface area (TPSA) is 23.6 Å². The van der Waals surface area contributed by atoms with Crippen LogP contribution < -0.4 is 0 Å². The highest BCUT2D eigenvalue weighted by Gasteiger charge is 2.41. The van der Waals surface area contributed by atoms with Crippen LogP contribution in [0.2, 0.25) is 0 Å². The minimum absolute atomic E-state index is 0.196.